The second-order valence-electron chi connectivity index (χ2n) is 3.44. The Morgan fingerprint density at radius 1 is 1.11 bits per heavy atom. The molecule has 2 atom stereocenters. The van der Waals surface area contributed by atoms with Gasteiger partial charge in [0.15, 0.2) is 0 Å². The molecule has 0 saturated heterocycles. The average molecular weight is 285 g/mol. The minimum Gasteiger partial charge on any atom is -0.345 e. The standard InChI is InChI=1S/C8H10F7NO2/c1-3(4(2)18-6(9)10)16-5(17)7(11,12)8(13,14)15/h3-4,6H,1-2H3,(H,16,17). The topological polar surface area (TPSA) is 38.3 Å². The van der Waals surface area contributed by atoms with Crippen LogP contribution in [0.1, 0.15) is 13.8 Å². The molecule has 0 spiro atoms. The lowest BCUT2D eigenvalue weighted by Gasteiger charge is -2.24. The highest BCUT2D eigenvalue weighted by Crippen LogP contribution is 2.35. The Balaban J connectivity index is 4.58. The molecule has 0 saturated carbocycles. The second kappa shape index (κ2) is 5.72. The number of rotatable bonds is 5. The Morgan fingerprint density at radius 3 is 1.89 bits per heavy atom. The summed E-state index contributed by atoms with van der Waals surface area (Å²) >= 11 is 0. The van der Waals surface area contributed by atoms with Crippen LogP contribution in [0.2, 0.25) is 0 Å². The van der Waals surface area contributed by atoms with Crippen molar-refractivity contribution >= 4 is 5.91 Å². The summed E-state index contributed by atoms with van der Waals surface area (Å²) in [6, 6.07) is -1.44. The molecule has 0 radical (unpaired) electrons. The van der Waals surface area contributed by atoms with Gasteiger partial charge in [-0.05, 0) is 13.8 Å². The van der Waals surface area contributed by atoms with Crippen molar-refractivity contribution < 1.29 is 40.3 Å². The molecule has 0 rings (SSSR count). The second-order valence-corrected chi connectivity index (χ2v) is 3.44. The van der Waals surface area contributed by atoms with Crippen molar-refractivity contribution in [2.45, 2.75) is 44.7 Å². The maximum atomic E-state index is 12.5. The Morgan fingerprint density at radius 2 is 1.56 bits per heavy atom. The molecule has 0 bridgehead atoms. The van der Waals surface area contributed by atoms with Crippen LogP contribution in [0.3, 0.4) is 0 Å². The highest BCUT2D eigenvalue weighted by molar-refractivity contribution is 5.84. The van der Waals surface area contributed by atoms with Crippen LogP contribution in [0.15, 0.2) is 0 Å². The van der Waals surface area contributed by atoms with Gasteiger partial charge in [0.1, 0.15) is 0 Å². The van der Waals surface area contributed by atoms with Crippen LogP contribution in [-0.4, -0.2) is 36.8 Å². The fourth-order valence-electron chi connectivity index (χ4n) is 0.824. The summed E-state index contributed by atoms with van der Waals surface area (Å²) in [6.45, 7) is -1.29. The third-order valence-corrected chi connectivity index (χ3v) is 2.02. The number of alkyl halides is 7. The molecule has 1 N–H and O–H groups in total. The van der Waals surface area contributed by atoms with Crippen LogP contribution >= 0.6 is 0 Å². The Bertz CT molecular complexity index is 292. The summed E-state index contributed by atoms with van der Waals surface area (Å²) in [5, 5.41) is 1.26. The van der Waals surface area contributed by atoms with Crippen LogP contribution in [-0.2, 0) is 9.53 Å². The molecule has 0 aliphatic rings. The Hall–Kier alpha value is -1.06. The van der Waals surface area contributed by atoms with E-state index < -0.39 is 36.8 Å². The minimum atomic E-state index is -6.05. The number of halogens is 7. The van der Waals surface area contributed by atoms with Gasteiger partial charge in [0.2, 0.25) is 0 Å². The number of amides is 1. The Labute approximate surface area is 97.3 Å². The van der Waals surface area contributed by atoms with E-state index in [0.717, 1.165) is 13.8 Å². The van der Waals surface area contributed by atoms with Gasteiger partial charge in [0.25, 0.3) is 0 Å². The molecule has 108 valence electrons. The largest absolute Gasteiger partial charge is 0.463 e. The zero-order valence-electron chi connectivity index (χ0n) is 9.19. The SMILES string of the molecule is CC(NC(=O)C(F)(F)C(F)(F)F)C(C)OC(F)F. The molecule has 0 aliphatic carbocycles. The molecular formula is C8H10F7NO2. The zero-order chi connectivity index (χ0) is 14.7. The first-order valence-corrected chi connectivity index (χ1v) is 4.58. The molecule has 10 heteroatoms. The van der Waals surface area contributed by atoms with Crippen molar-refractivity contribution in [1.29, 1.82) is 0 Å². The third kappa shape index (κ3) is 4.31. The van der Waals surface area contributed by atoms with Gasteiger partial charge in [0, 0.05) is 0 Å². The summed E-state index contributed by atoms with van der Waals surface area (Å²) < 4.78 is 87.6. The van der Waals surface area contributed by atoms with E-state index in [2.05, 4.69) is 4.74 Å². The third-order valence-electron chi connectivity index (χ3n) is 2.02. The van der Waals surface area contributed by atoms with Gasteiger partial charge in [-0.1, -0.05) is 0 Å². The van der Waals surface area contributed by atoms with Crippen molar-refractivity contribution in [3.05, 3.63) is 0 Å². The van der Waals surface area contributed by atoms with Crippen molar-refractivity contribution in [2.24, 2.45) is 0 Å². The van der Waals surface area contributed by atoms with E-state index in [1.807, 2.05) is 0 Å². The van der Waals surface area contributed by atoms with Gasteiger partial charge in [-0.2, -0.15) is 30.7 Å². The van der Waals surface area contributed by atoms with Crippen molar-refractivity contribution in [1.82, 2.24) is 5.32 Å². The first-order chi connectivity index (χ1) is 7.89. The van der Waals surface area contributed by atoms with Gasteiger partial charge in [-0.25, -0.2) is 0 Å². The predicted molar refractivity (Wildman–Crippen MR) is 45.2 cm³/mol. The molecule has 3 nitrogen and oxygen atoms in total. The van der Waals surface area contributed by atoms with E-state index in [4.69, 9.17) is 0 Å². The van der Waals surface area contributed by atoms with Gasteiger partial charge in [0.05, 0.1) is 12.1 Å². The van der Waals surface area contributed by atoms with Crippen molar-refractivity contribution in [2.75, 3.05) is 0 Å². The molecule has 0 aromatic carbocycles. The number of ether oxygens (including phenoxy) is 1. The fourth-order valence-corrected chi connectivity index (χ4v) is 0.824. The van der Waals surface area contributed by atoms with Crippen LogP contribution in [0, 0.1) is 0 Å². The summed E-state index contributed by atoms with van der Waals surface area (Å²) in [4.78, 5) is 10.7. The first-order valence-electron chi connectivity index (χ1n) is 4.58. The smallest absolute Gasteiger partial charge is 0.345 e. The first kappa shape index (κ1) is 16.9. The van der Waals surface area contributed by atoms with Crippen LogP contribution in [0.25, 0.3) is 0 Å². The summed E-state index contributed by atoms with van der Waals surface area (Å²) in [5.41, 5.74) is 0. The molecule has 0 aromatic heterocycles. The van der Waals surface area contributed by atoms with Gasteiger partial charge in [-0.15, -0.1) is 0 Å². The van der Waals surface area contributed by atoms with Crippen LogP contribution in [0.4, 0.5) is 30.7 Å². The summed E-state index contributed by atoms with van der Waals surface area (Å²) in [5.74, 6) is -8.21. The lowest BCUT2D eigenvalue weighted by Crippen LogP contribution is -2.54. The molecule has 0 aromatic rings. The summed E-state index contributed by atoms with van der Waals surface area (Å²) in [7, 11) is 0. The number of carbonyl (C=O) groups is 1. The zero-order valence-corrected chi connectivity index (χ0v) is 9.19. The van der Waals surface area contributed by atoms with E-state index >= 15 is 0 Å². The van der Waals surface area contributed by atoms with E-state index in [-0.39, 0.29) is 0 Å². The maximum absolute atomic E-state index is 12.5. The lowest BCUT2D eigenvalue weighted by atomic mass is 10.2. The quantitative estimate of drug-likeness (QED) is 0.787. The minimum absolute atomic E-state index is 0.956. The maximum Gasteiger partial charge on any atom is 0.463 e. The molecule has 1 amide bonds. The molecule has 18 heavy (non-hydrogen) atoms. The van der Waals surface area contributed by atoms with E-state index in [9.17, 15) is 35.5 Å². The Kier molecular flexibility index (Phi) is 5.38. The molecule has 0 heterocycles. The highest BCUT2D eigenvalue weighted by Gasteiger charge is 2.63. The number of carbonyl (C=O) groups excluding carboxylic acids is 1. The molecule has 2 unspecified atom stereocenters. The lowest BCUT2D eigenvalue weighted by molar-refractivity contribution is -0.270. The van der Waals surface area contributed by atoms with E-state index in [1.165, 1.54) is 5.32 Å². The van der Waals surface area contributed by atoms with Gasteiger partial charge in [-0.3, -0.25) is 4.79 Å². The molecular weight excluding hydrogens is 275 g/mol. The number of nitrogens with one attached hydrogen (secondary N) is 1. The number of hydrogen-bond donors (Lipinski definition) is 1. The van der Waals surface area contributed by atoms with Crippen molar-refractivity contribution in [3.8, 4) is 0 Å². The average Bonchev–Trinajstić information content (AvgIpc) is 2.14. The fraction of sp³-hybridized carbons (Fsp3) is 0.875. The van der Waals surface area contributed by atoms with Crippen LogP contribution in [0.5, 0.6) is 0 Å². The van der Waals surface area contributed by atoms with Crippen molar-refractivity contribution in [3.63, 3.8) is 0 Å². The van der Waals surface area contributed by atoms with Gasteiger partial charge >= 0.3 is 24.6 Å². The highest BCUT2D eigenvalue weighted by atomic mass is 19.4. The summed E-state index contributed by atoms with van der Waals surface area (Å²) in [6.07, 6.45) is -7.48. The van der Waals surface area contributed by atoms with E-state index in [1.54, 1.807) is 0 Å². The van der Waals surface area contributed by atoms with E-state index in [0.29, 0.717) is 0 Å². The van der Waals surface area contributed by atoms with Gasteiger partial charge < -0.3 is 10.1 Å². The van der Waals surface area contributed by atoms with Crippen LogP contribution < -0.4 is 5.32 Å². The predicted octanol–water partition coefficient (Wildman–Crippen LogP) is 2.32. The molecule has 0 aliphatic heterocycles. The molecule has 0 fully saturated rings. The monoisotopic (exact) mass is 285 g/mol. The number of hydrogen-bond acceptors (Lipinski definition) is 2. The normalized spacial score (nSPS) is 16.6.